The topological polar surface area (TPSA) is 103 Å². The Morgan fingerprint density at radius 2 is 1.76 bits per heavy atom. The van der Waals surface area contributed by atoms with Gasteiger partial charge in [-0.15, -0.1) is 12.4 Å². The number of fused-ring (bicyclic) bond motifs is 1. The molecule has 1 unspecified atom stereocenters. The number of ether oxygens (including phenoxy) is 2. The highest BCUT2D eigenvalue weighted by Crippen LogP contribution is 2.32. The highest BCUT2D eigenvalue weighted by atomic mass is 35.5. The van der Waals surface area contributed by atoms with Gasteiger partial charge in [-0.3, -0.25) is 14.9 Å². The van der Waals surface area contributed by atoms with Gasteiger partial charge in [0.05, 0.1) is 16.3 Å². The third kappa shape index (κ3) is 5.68. The fourth-order valence-electron chi connectivity index (χ4n) is 4.03. The van der Waals surface area contributed by atoms with Crippen LogP contribution in [0.5, 0.6) is 23.0 Å². The Morgan fingerprint density at radius 3 is 2.46 bits per heavy atom. The first-order valence-electron chi connectivity index (χ1n) is 11.4. The number of amides is 2. The third-order valence-corrected chi connectivity index (χ3v) is 7.13. The molecule has 10 heteroatoms. The summed E-state index contributed by atoms with van der Waals surface area (Å²) in [7, 11) is 1.93. The van der Waals surface area contributed by atoms with Crippen molar-refractivity contribution >= 4 is 46.3 Å². The quantitative estimate of drug-likeness (QED) is 0.316. The minimum atomic E-state index is -0.389. The predicted molar refractivity (Wildman–Crippen MR) is 145 cm³/mol. The summed E-state index contributed by atoms with van der Waals surface area (Å²) in [5.41, 5.74) is 4.31. The van der Waals surface area contributed by atoms with E-state index in [0.717, 1.165) is 45.3 Å². The zero-order valence-electron chi connectivity index (χ0n) is 20.5. The second-order valence-electron chi connectivity index (χ2n) is 8.76. The van der Waals surface area contributed by atoms with Gasteiger partial charge in [0.15, 0.2) is 0 Å². The van der Waals surface area contributed by atoms with Crippen LogP contribution in [-0.2, 0) is 24.9 Å². The zero-order chi connectivity index (χ0) is 25.4. The van der Waals surface area contributed by atoms with Gasteiger partial charge >= 0.3 is 0 Å². The molecule has 37 heavy (non-hydrogen) atoms. The number of nitrogens with zero attached hydrogens (tertiary/aromatic N) is 2. The average molecular weight is 540 g/mol. The molecule has 2 N–H and O–H groups in total. The molecule has 8 nitrogen and oxygen atoms in total. The molecule has 1 aromatic heterocycles. The number of benzene rings is 3. The fourth-order valence-corrected chi connectivity index (χ4v) is 4.89. The molecule has 1 aliphatic heterocycles. The van der Waals surface area contributed by atoms with Crippen LogP contribution in [0.25, 0.3) is 11.0 Å². The number of rotatable bonds is 7. The van der Waals surface area contributed by atoms with Crippen molar-refractivity contribution in [2.75, 3.05) is 0 Å². The van der Waals surface area contributed by atoms with Gasteiger partial charge in [0.25, 0.3) is 5.24 Å². The molecule has 1 saturated heterocycles. The van der Waals surface area contributed by atoms with Crippen LogP contribution in [0.2, 0.25) is 0 Å². The van der Waals surface area contributed by atoms with Crippen molar-refractivity contribution in [3.8, 4) is 23.0 Å². The van der Waals surface area contributed by atoms with Crippen molar-refractivity contribution in [3.05, 3.63) is 77.1 Å². The lowest BCUT2D eigenvalue weighted by Gasteiger charge is -2.11. The normalized spacial score (nSPS) is 14.9. The molecule has 1 aliphatic rings. The number of phenolic OH excluding ortho intramolecular Hbond substituents is 1. The molecule has 0 saturated carbocycles. The van der Waals surface area contributed by atoms with Crippen molar-refractivity contribution in [2.24, 2.45) is 7.05 Å². The van der Waals surface area contributed by atoms with Crippen molar-refractivity contribution in [1.82, 2.24) is 14.9 Å². The standard InChI is InChI=1S/C27H25N3O5S.ClH/c1-15-11-23(16(2)10-22(15)31)35-19-8-9-20-21(13-19)30(3)25(28-20)14-34-18-6-4-17(5-7-18)12-24-26(32)29-27(33)36-24;/h4-11,13,24,31H,12,14H2,1-3H3,(H,29,32,33);1H. The van der Waals surface area contributed by atoms with Gasteiger partial charge in [0.2, 0.25) is 5.91 Å². The van der Waals surface area contributed by atoms with Crippen LogP contribution < -0.4 is 14.8 Å². The monoisotopic (exact) mass is 539 g/mol. The summed E-state index contributed by atoms with van der Waals surface area (Å²) in [4.78, 5) is 27.8. The largest absolute Gasteiger partial charge is 0.508 e. The Morgan fingerprint density at radius 1 is 1.03 bits per heavy atom. The van der Waals surface area contributed by atoms with Gasteiger partial charge in [-0.05, 0) is 73.4 Å². The molecule has 0 spiro atoms. The number of aromatic hydroxyl groups is 1. The van der Waals surface area contributed by atoms with Gasteiger partial charge in [-0.2, -0.15) is 0 Å². The maximum Gasteiger partial charge on any atom is 0.286 e. The molecular formula is C27H26ClN3O5S. The van der Waals surface area contributed by atoms with Crippen molar-refractivity contribution in [1.29, 1.82) is 0 Å². The van der Waals surface area contributed by atoms with Crippen LogP contribution in [0.15, 0.2) is 54.6 Å². The minimum Gasteiger partial charge on any atom is -0.508 e. The molecule has 1 fully saturated rings. The number of aryl methyl sites for hydroxylation is 3. The van der Waals surface area contributed by atoms with Crippen LogP contribution in [0.3, 0.4) is 0 Å². The molecule has 5 rings (SSSR count). The molecular weight excluding hydrogens is 514 g/mol. The first-order valence-corrected chi connectivity index (χ1v) is 12.3. The number of aromatic nitrogens is 2. The van der Waals surface area contributed by atoms with Gasteiger partial charge < -0.3 is 19.1 Å². The van der Waals surface area contributed by atoms with Gasteiger partial charge in [-0.25, -0.2) is 4.98 Å². The summed E-state index contributed by atoms with van der Waals surface area (Å²) in [5.74, 6) is 2.83. The summed E-state index contributed by atoms with van der Waals surface area (Å²) < 4.78 is 14.0. The lowest BCUT2D eigenvalue weighted by Crippen LogP contribution is -2.25. The number of imidazole rings is 1. The third-order valence-electron chi connectivity index (χ3n) is 6.15. The van der Waals surface area contributed by atoms with Crippen LogP contribution in [0, 0.1) is 13.8 Å². The van der Waals surface area contributed by atoms with E-state index in [2.05, 4.69) is 5.32 Å². The number of halogens is 1. The molecule has 0 aliphatic carbocycles. The van der Waals surface area contributed by atoms with Gasteiger partial charge in [0.1, 0.15) is 35.4 Å². The summed E-state index contributed by atoms with van der Waals surface area (Å²) in [6, 6.07) is 16.7. The first kappa shape index (κ1) is 26.4. The molecule has 1 atom stereocenters. The van der Waals surface area contributed by atoms with E-state index in [4.69, 9.17) is 14.5 Å². The second-order valence-corrected chi connectivity index (χ2v) is 9.94. The number of carbonyl (C=O) groups is 2. The number of hydrogen-bond acceptors (Lipinski definition) is 7. The van der Waals surface area contributed by atoms with Crippen molar-refractivity contribution < 1.29 is 24.2 Å². The van der Waals surface area contributed by atoms with Crippen molar-refractivity contribution in [2.45, 2.75) is 32.1 Å². The predicted octanol–water partition coefficient (Wildman–Crippen LogP) is 5.58. The number of imide groups is 1. The van der Waals surface area contributed by atoms with E-state index in [1.807, 2.05) is 74.0 Å². The Hall–Kier alpha value is -3.69. The number of hydrogen-bond donors (Lipinski definition) is 2. The van der Waals surface area contributed by atoms with Crippen LogP contribution in [-0.4, -0.2) is 31.1 Å². The summed E-state index contributed by atoms with van der Waals surface area (Å²) >= 11 is 1.03. The van der Waals surface area contributed by atoms with Gasteiger partial charge in [-0.1, -0.05) is 23.9 Å². The summed E-state index contributed by atoms with van der Waals surface area (Å²) in [6.45, 7) is 4.01. The maximum atomic E-state index is 11.8. The molecule has 0 radical (unpaired) electrons. The van der Waals surface area contributed by atoms with E-state index < -0.39 is 0 Å². The maximum absolute atomic E-state index is 11.8. The first-order chi connectivity index (χ1) is 17.3. The molecule has 3 aromatic carbocycles. The summed E-state index contributed by atoms with van der Waals surface area (Å²) in [5, 5.41) is 11.5. The van der Waals surface area contributed by atoms with Crippen LogP contribution >= 0.6 is 24.2 Å². The molecule has 192 valence electrons. The van der Waals surface area contributed by atoms with E-state index in [-0.39, 0.29) is 41.2 Å². The van der Waals surface area contributed by atoms with E-state index in [0.29, 0.717) is 23.7 Å². The van der Waals surface area contributed by atoms with E-state index in [1.165, 1.54) is 0 Å². The highest BCUT2D eigenvalue weighted by Gasteiger charge is 2.31. The Bertz CT molecular complexity index is 1490. The lowest BCUT2D eigenvalue weighted by molar-refractivity contribution is -0.118. The SMILES string of the molecule is Cc1cc(Oc2ccc3nc(COc4ccc(CC5SC(=O)NC5=O)cc4)n(C)c3c2)c(C)cc1O.Cl. The number of carbonyl (C=O) groups excluding carboxylic acids is 2. The van der Waals surface area contributed by atoms with E-state index in [1.54, 1.807) is 6.07 Å². The molecule has 2 heterocycles. The minimum absolute atomic E-state index is 0. The van der Waals surface area contributed by atoms with Gasteiger partial charge in [0, 0.05) is 13.1 Å². The van der Waals surface area contributed by atoms with Crippen LogP contribution in [0.4, 0.5) is 4.79 Å². The molecule has 4 aromatic rings. The molecule has 2 amide bonds. The number of thioether (sulfide) groups is 1. The van der Waals surface area contributed by atoms with Crippen molar-refractivity contribution in [3.63, 3.8) is 0 Å². The molecule has 0 bridgehead atoms. The number of phenols is 1. The Labute approximate surface area is 224 Å². The van der Waals surface area contributed by atoms with E-state index >= 15 is 0 Å². The number of nitrogens with one attached hydrogen (secondary N) is 1. The zero-order valence-corrected chi connectivity index (χ0v) is 22.1. The fraction of sp³-hybridized carbons (Fsp3) is 0.222. The lowest BCUT2D eigenvalue weighted by atomic mass is 10.1. The summed E-state index contributed by atoms with van der Waals surface area (Å²) in [6.07, 6.45) is 0.487. The average Bonchev–Trinajstić information content (AvgIpc) is 3.34. The van der Waals surface area contributed by atoms with E-state index in [9.17, 15) is 14.7 Å². The smallest absolute Gasteiger partial charge is 0.286 e. The Balaban J connectivity index is 0.00000320. The second kappa shape index (κ2) is 10.7. The van der Waals surface area contributed by atoms with Crippen LogP contribution in [0.1, 0.15) is 22.5 Å². The Kier molecular flexibility index (Phi) is 7.65. The highest BCUT2D eigenvalue weighted by molar-refractivity contribution is 8.15.